The van der Waals surface area contributed by atoms with E-state index in [-0.39, 0.29) is 36.4 Å². The molecule has 2 amide bonds. The van der Waals surface area contributed by atoms with Crippen LogP contribution in [0.1, 0.15) is 51.1 Å². The van der Waals surface area contributed by atoms with Gasteiger partial charge in [0.2, 0.25) is 11.8 Å². The van der Waals surface area contributed by atoms with Crippen molar-refractivity contribution in [2.75, 3.05) is 31.1 Å². The summed E-state index contributed by atoms with van der Waals surface area (Å²) in [5.74, 6) is -2.65. The Morgan fingerprint density at radius 2 is 1.50 bits per heavy atom. The van der Waals surface area contributed by atoms with Gasteiger partial charge in [0.1, 0.15) is 17.5 Å². The van der Waals surface area contributed by atoms with Crippen LogP contribution in [0.5, 0.6) is 5.75 Å². The first-order valence-corrected chi connectivity index (χ1v) is 19.0. The van der Waals surface area contributed by atoms with E-state index in [2.05, 4.69) is 37.4 Å². The second-order valence-corrected chi connectivity index (χ2v) is 15.2. The summed E-state index contributed by atoms with van der Waals surface area (Å²) < 4.78 is 8.23. The van der Waals surface area contributed by atoms with Crippen LogP contribution in [0.4, 0.5) is 5.69 Å². The van der Waals surface area contributed by atoms with Crippen LogP contribution in [0.3, 0.4) is 0 Å². The second kappa shape index (κ2) is 13.4. The number of hydrogen-bond acceptors (Lipinski definition) is 11. The molecule has 2 atom stereocenters. The number of carbonyl (C=O) groups excluding carboxylic acids is 4. The largest absolute Gasteiger partial charge is 0.488 e. The molecule has 13 heteroatoms. The number of ketones is 2. The molecular formula is C43H37N7O6. The molecule has 3 saturated heterocycles. The normalized spacial score (nSPS) is 21.9. The fraction of sp³-hybridized carbons (Fsp3) is 0.279. The fourth-order valence-corrected chi connectivity index (χ4v) is 8.79. The Morgan fingerprint density at radius 1 is 0.750 bits per heavy atom. The molecule has 0 radical (unpaired) electrons. The zero-order valence-electron chi connectivity index (χ0n) is 30.3. The molecule has 3 aromatic carbocycles. The first kappa shape index (κ1) is 34.1. The van der Waals surface area contributed by atoms with E-state index in [4.69, 9.17) is 9.84 Å². The fourth-order valence-electron chi connectivity index (χ4n) is 8.79. The minimum Gasteiger partial charge on any atom is -0.488 e. The van der Waals surface area contributed by atoms with Crippen LogP contribution in [0.2, 0.25) is 0 Å². The maximum absolute atomic E-state index is 13.3. The van der Waals surface area contributed by atoms with E-state index in [1.165, 1.54) is 0 Å². The van der Waals surface area contributed by atoms with Crippen molar-refractivity contribution in [2.45, 2.75) is 37.8 Å². The number of aryl methyl sites for hydroxylation is 1. The van der Waals surface area contributed by atoms with E-state index in [0.717, 1.165) is 95.4 Å². The topological polar surface area (TPSA) is 159 Å². The number of amides is 2. The SMILES string of the molecule is O=C1CCC(C2C(=O)c3ccc(N4CC(N5CC(Oc6ccc(-n7cc(-c8ccc9c(c8)CC/C9=N\O)c(-c8ccncc8)n7)cc6)C5)C4)cc3C2=O)C(=O)N1. The Labute approximate surface area is 321 Å². The lowest BCUT2D eigenvalue weighted by Gasteiger charge is -2.52. The Hall–Kier alpha value is -6.47. The van der Waals surface area contributed by atoms with Gasteiger partial charge in [0.05, 0.1) is 23.2 Å². The predicted octanol–water partition coefficient (Wildman–Crippen LogP) is 4.73. The molecule has 5 aromatic rings. The van der Waals surface area contributed by atoms with Gasteiger partial charge in [0.25, 0.3) is 0 Å². The van der Waals surface area contributed by atoms with Gasteiger partial charge in [-0.05, 0) is 85.0 Å². The van der Waals surface area contributed by atoms with Crippen LogP contribution in [0.25, 0.3) is 28.1 Å². The van der Waals surface area contributed by atoms with Crippen LogP contribution >= 0.6 is 0 Å². The van der Waals surface area contributed by atoms with Crippen LogP contribution in [-0.4, -0.2) is 92.3 Å². The third-order valence-electron chi connectivity index (χ3n) is 12.0. The van der Waals surface area contributed by atoms with Gasteiger partial charge >= 0.3 is 0 Å². The maximum atomic E-state index is 13.3. The summed E-state index contributed by atoms with van der Waals surface area (Å²) >= 11 is 0. The van der Waals surface area contributed by atoms with Crippen molar-refractivity contribution in [2.24, 2.45) is 17.0 Å². The van der Waals surface area contributed by atoms with E-state index < -0.39 is 17.7 Å². The molecule has 3 aliphatic heterocycles. The van der Waals surface area contributed by atoms with E-state index in [0.29, 0.717) is 17.2 Å². The summed E-state index contributed by atoms with van der Waals surface area (Å²) in [5.41, 5.74) is 9.25. The van der Waals surface area contributed by atoms with Crippen LogP contribution in [-0.2, 0) is 16.0 Å². The number of benzene rings is 3. The average Bonchev–Trinajstić information content (AvgIpc) is 3.88. The summed E-state index contributed by atoms with van der Waals surface area (Å²) in [7, 11) is 0. The van der Waals surface area contributed by atoms with Gasteiger partial charge in [-0.2, -0.15) is 5.10 Å². The number of likely N-dealkylation sites (tertiary alicyclic amines) is 1. The number of Topliss-reactive ketones (excluding diaryl/α,β-unsaturated/α-hetero) is 2. The summed E-state index contributed by atoms with van der Waals surface area (Å²) in [6.07, 6.45) is 7.55. The lowest BCUT2D eigenvalue weighted by molar-refractivity contribution is -0.137. The lowest BCUT2D eigenvalue weighted by Crippen LogP contribution is -2.67. The number of anilines is 1. The van der Waals surface area contributed by atoms with Crippen molar-refractivity contribution < 1.29 is 29.1 Å². The Balaban J connectivity index is 0.763. The summed E-state index contributed by atoms with van der Waals surface area (Å²) in [6, 6.07) is 23.9. The summed E-state index contributed by atoms with van der Waals surface area (Å²) in [4.78, 5) is 59.4. The Kier molecular flexibility index (Phi) is 8.13. The molecule has 13 nitrogen and oxygen atoms in total. The molecule has 2 aliphatic carbocycles. The van der Waals surface area contributed by atoms with Gasteiger partial charge in [-0.3, -0.25) is 34.4 Å². The first-order chi connectivity index (χ1) is 27.3. The molecule has 5 aliphatic rings. The number of aromatic nitrogens is 3. The van der Waals surface area contributed by atoms with Gasteiger partial charge in [-0.15, -0.1) is 0 Å². The number of hydrogen-bond donors (Lipinski definition) is 2. The van der Waals surface area contributed by atoms with Crippen molar-refractivity contribution in [3.8, 4) is 33.8 Å². The number of fused-ring (bicyclic) bond motifs is 2. The second-order valence-electron chi connectivity index (χ2n) is 15.2. The third-order valence-corrected chi connectivity index (χ3v) is 12.0. The molecule has 0 saturated carbocycles. The number of piperidine rings is 1. The van der Waals surface area contributed by atoms with Crippen molar-refractivity contribution in [3.63, 3.8) is 0 Å². The Bertz CT molecular complexity index is 2470. The number of nitrogens with one attached hydrogen (secondary N) is 1. The molecule has 2 aromatic heterocycles. The van der Waals surface area contributed by atoms with Crippen LogP contribution in [0.15, 0.2) is 96.5 Å². The highest BCUT2D eigenvalue weighted by Crippen LogP contribution is 2.39. The van der Waals surface area contributed by atoms with Crippen LogP contribution < -0.4 is 15.0 Å². The van der Waals surface area contributed by atoms with E-state index in [9.17, 15) is 24.4 Å². The first-order valence-electron chi connectivity index (χ1n) is 19.0. The van der Waals surface area contributed by atoms with E-state index in [1.807, 2.05) is 59.4 Å². The molecular weight excluding hydrogens is 711 g/mol. The van der Waals surface area contributed by atoms with E-state index in [1.54, 1.807) is 24.5 Å². The minimum absolute atomic E-state index is 0.0774. The maximum Gasteiger partial charge on any atom is 0.230 e. The molecule has 0 spiro atoms. The molecule has 3 fully saturated rings. The number of carbonyl (C=O) groups is 4. The van der Waals surface area contributed by atoms with Crippen molar-refractivity contribution >= 4 is 34.8 Å². The van der Waals surface area contributed by atoms with Crippen molar-refractivity contribution in [3.05, 3.63) is 114 Å². The van der Waals surface area contributed by atoms with Gasteiger partial charge < -0.3 is 14.8 Å². The predicted molar refractivity (Wildman–Crippen MR) is 205 cm³/mol. The Morgan fingerprint density at radius 3 is 2.27 bits per heavy atom. The zero-order valence-corrected chi connectivity index (χ0v) is 30.3. The molecule has 10 rings (SSSR count). The highest BCUT2D eigenvalue weighted by molar-refractivity contribution is 6.28. The minimum atomic E-state index is -1.06. The zero-order chi connectivity index (χ0) is 38.1. The number of rotatable bonds is 8. The van der Waals surface area contributed by atoms with Gasteiger partial charge in [-0.1, -0.05) is 23.4 Å². The molecule has 56 heavy (non-hydrogen) atoms. The number of imide groups is 1. The summed E-state index contributed by atoms with van der Waals surface area (Å²) in [6.45, 7) is 3.23. The summed E-state index contributed by atoms with van der Waals surface area (Å²) in [5, 5.41) is 20.2. The standard InChI is InChI=1S/C43H37N7O6/c51-38-12-10-34(43(54)45-38)39-41(52)33-9-5-28(18-35(33)42(39)53)48-19-29(20-48)49-21-31(22-49)56-30-6-3-27(4-7-30)50-23-36(40(46-50)24-13-15-44-16-14-24)26-1-8-32-25(17-26)2-11-37(32)47-55/h1,3-9,13-18,23,29,31,34,39,55H,2,10-12,19-22H2,(H,45,51,54)/b47-37+. The number of pyridine rings is 1. The monoisotopic (exact) mass is 747 g/mol. The molecule has 280 valence electrons. The van der Waals surface area contributed by atoms with Gasteiger partial charge in [0.15, 0.2) is 11.6 Å². The third kappa shape index (κ3) is 5.77. The molecule has 2 unspecified atom stereocenters. The van der Waals surface area contributed by atoms with Crippen molar-refractivity contribution in [1.82, 2.24) is 25.0 Å². The number of ether oxygens (including phenoxy) is 1. The highest BCUT2D eigenvalue weighted by atomic mass is 16.5. The van der Waals surface area contributed by atoms with Gasteiger partial charge in [-0.25, -0.2) is 4.68 Å². The van der Waals surface area contributed by atoms with Crippen LogP contribution in [0, 0.1) is 11.8 Å². The average molecular weight is 748 g/mol. The highest BCUT2D eigenvalue weighted by Gasteiger charge is 2.48. The smallest absolute Gasteiger partial charge is 0.230 e. The molecule has 0 bridgehead atoms. The number of nitrogens with zero attached hydrogens (tertiary/aromatic N) is 6. The molecule has 5 heterocycles. The number of oxime groups is 1. The quantitative estimate of drug-likeness (QED) is 0.0985. The van der Waals surface area contributed by atoms with E-state index >= 15 is 0 Å². The lowest BCUT2D eigenvalue weighted by atomic mass is 9.82. The molecule has 2 N–H and O–H groups in total. The van der Waals surface area contributed by atoms with Crippen molar-refractivity contribution in [1.29, 1.82) is 0 Å². The van der Waals surface area contributed by atoms with Gasteiger partial charge in [0, 0.05) is 90.7 Å².